The number of hydrogen-bond donors (Lipinski definition) is 1. The molecule has 5 fully saturated rings. The third-order valence-corrected chi connectivity index (χ3v) is 16.5. The molecule has 0 aliphatic carbocycles. The highest BCUT2D eigenvalue weighted by molar-refractivity contribution is 5.69. The van der Waals surface area contributed by atoms with E-state index in [1.54, 1.807) is 6.92 Å². The monoisotopic (exact) mass is 1160 g/mol. The summed E-state index contributed by atoms with van der Waals surface area (Å²) in [5, 5.41) is 8.44. The van der Waals surface area contributed by atoms with E-state index in [-0.39, 0.29) is 44.9 Å². The van der Waals surface area contributed by atoms with E-state index in [1.165, 1.54) is 0 Å². The van der Waals surface area contributed by atoms with Gasteiger partial charge in [-0.3, -0.25) is 5.41 Å². The summed E-state index contributed by atoms with van der Waals surface area (Å²) >= 11 is 0. The van der Waals surface area contributed by atoms with Gasteiger partial charge in [-0.05, 0) is 34.7 Å². The molecule has 0 amide bonds. The summed E-state index contributed by atoms with van der Waals surface area (Å²) in [4.78, 5) is 0. The van der Waals surface area contributed by atoms with Crippen molar-refractivity contribution in [3.05, 3.63) is 215 Å². The van der Waals surface area contributed by atoms with Crippen molar-refractivity contribution in [1.29, 1.82) is 5.41 Å². The third kappa shape index (κ3) is 15.3. The van der Waals surface area contributed by atoms with Gasteiger partial charge in [0.2, 0.25) is 6.29 Å². The first-order valence-electron chi connectivity index (χ1n) is 29.9. The number of rotatable bonds is 25. The van der Waals surface area contributed by atoms with Gasteiger partial charge in [0.25, 0.3) is 0 Å². The molecule has 5 aliphatic heterocycles. The Morgan fingerprint density at radius 3 is 1.52 bits per heavy atom. The average molecular weight is 1160 g/mol. The number of ether oxygens (including phenoxy) is 15. The van der Waals surface area contributed by atoms with Crippen molar-refractivity contribution in [2.75, 3.05) is 26.4 Å². The van der Waals surface area contributed by atoms with Crippen molar-refractivity contribution in [2.24, 2.45) is 17.8 Å². The number of nitrogens with one attached hydrogen (secondary N) is 1. The summed E-state index contributed by atoms with van der Waals surface area (Å²) < 4.78 is 103. The van der Waals surface area contributed by atoms with Crippen molar-refractivity contribution in [3.8, 4) is 0 Å². The summed E-state index contributed by atoms with van der Waals surface area (Å²) in [7, 11) is 0. The second-order valence-corrected chi connectivity index (χ2v) is 23.0. The molecular formula is C69H81NO15. The quantitative estimate of drug-likeness (QED) is 0.0425. The predicted molar refractivity (Wildman–Crippen MR) is 314 cm³/mol. The molecule has 0 spiro atoms. The van der Waals surface area contributed by atoms with Crippen LogP contribution in [0.25, 0.3) is 0 Å². The molecule has 0 aromatic heterocycles. The van der Waals surface area contributed by atoms with Crippen molar-refractivity contribution >= 4 is 5.90 Å². The first-order chi connectivity index (χ1) is 41.6. The predicted octanol–water partition coefficient (Wildman–Crippen LogP) is 11.3. The second kappa shape index (κ2) is 29.3. The molecule has 16 heteroatoms. The molecule has 6 unspecified atom stereocenters. The van der Waals surface area contributed by atoms with Gasteiger partial charge in [-0.15, -0.1) is 0 Å². The van der Waals surface area contributed by atoms with Gasteiger partial charge >= 0.3 is 0 Å². The van der Waals surface area contributed by atoms with Gasteiger partial charge in [-0.2, -0.15) is 0 Å². The van der Waals surface area contributed by atoms with Crippen LogP contribution in [0.4, 0.5) is 0 Å². The molecule has 0 saturated carbocycles. The molecular weight excluding hydrogens is 1080 g/mol. The third-order valence-electron chi connectivity index (χ3n) is 16.5. The van der Waals surface area contributed by atoms with Crippen LogP contribution in [0.15, 0.2) is 182 Å². The van der Waals surface area contributed by atoms with Crippen LogP contribution in [0, 0.1) is 23.2 Å². The molecule has 5 heterocycles. The largest absolute Gasteiger partial charge is 0.452 e. The van der Waals surface area contributed by atoms with E-state index in [0.29, 0.717) is 26.4 Å². The highest BCUT2D eigenvalue weighted by Crippen LogP contribution is 2.47. The molecule has 5 aliphatic rings. The number of hydrogen-bond acceptors (Lipinski definition) is 16. The SMILES string of the molecule is CC(=N)O[C@@H]1OC(C)[C@H](O[C@@H]2OC[C@@H](C)[C@@H](O[C@@H]3OC[C@@]4(COCc5ccccc5)O[C@@H](c5ccccc5)OC34)C2OCc2ccccc2)C(O[C@@H]2OC(COCc3ccccc3)[C@@H](OCc3ccccc3)C(OCc3ccccc3)[C@H]2C)[C@@H]1C. The Bertz CT molecular complexity index is 2940. The van der Waals surface area contributed by atoms with Crippen LogP contribution in [0.3, 0.4) is 0 Å². The zero-order valence-corrected chi connectivity index (χ0v) is 49.1. The van der Waals surface area contributed by atoms with E-state index in [1.807, 2.05) is 196 Å². The zero-order valence-electron chi connectivity index (χ0n) is 49.1. The van der Waals surface area contributed by atoms with Gasteiger partial charge in [0.15, 0.2) is 31.1 Å². The van der Waals surface area contributed by atoms with Gasteiger partial charge in [-0.25, -0.2) is 0 Å². The maximum Gasteiger partial charge on any atom is 0.206 e. The molecule has 1 N–H and O–H groups in total. The Labute approximate surface area is 499 Å². The van der Waals surface area contributed by atoms with E-state index < -0.39 is 104 Å². The molecule has 452 valence electrons. The fraction of sp³-hybridized carbons (Fsp3) is 0.464. The molecule has 16 nitrogen and oxygen atoms in total. The maximum absolute atomic E-state index is 8.44. The minimum Gasteiger partial charge on any atom is -0.452 e. The Morgan fingerprint density at radius 1 is 0.471 bits per heavy atom. The molecule has 0 bridgehead atoms. The van der Waals surface area contributed by atoms with Crippen molar-refractivity contribution in [1.82, 2.24) is 0 Å². The van der Waals surface area contributed by atoms with Crippen LogP contribution in [-0.2, 0) is 104 Å². The first kappa shape index (κ1) is 60.9. The van der Waals surface area contributed by atoms with Crippen LogP contribution >= 0.6 is 0 Å². The molecule has 85 heavy (non-hydrogen) atoms. The van der Waals surface area contributed by atoms with Gasteiger partial charge in [0.1, 0.15) is 36.1 Å². The molecule has 6 aromatic rings. The van der Waals surface area contributed by atoms with Crippen LogP contribution < -0.4 is 0 Å². The number of fused-ring (bicyclic) bond motifs is 1. The number of benzene rings is 6. The summed E-state index contributed by atoms with van der Waals surface area (Å²) in [5.41, 5.74) is 4.94. The van der Waals surface area contributed by atoms with Gasteiger partial charge in [-0.1, -0.05) is 203 Å². The van der Waals surface area contributed by atoms with E-state index >= 15 is 0 Å². The van der Waals surface area contributed by atoms with Crippen LogP contribution in [-0.4, -0.2) is 118 Å². The van der Waals surface area contributed by atoms with Crippen molar-refractivity contribution in [3.63, 3.8) is 0 Å². The Balaban J connectivity index is 0.881. The summed E-state index contributed by atoms with van der Waals surface area (Å²) in [5.74, 6) is -1.12. The van der Waals surface area contributed by atoms with E-state index in [4.69, 9.17) is 76.5 Å². The fourth-order valence-corrected chi connectivity index (χ4v) is 11.9. The molecule has 0 radical (unpaired) electrons. The molecule has 18 atom stereocenters. The lowest BCUT2D eigenvalue weighted by Gasteiger charge is -2.50. The lowest BCUT2D eigenvalue weighted by atomic mass is 9.89. The summed E-state index contributed by atoms with van der Waals surface area (Å²) in [6.45, 7) is 12.0. The van der Waals surface area contributed by atoms with Crippen LogP contribution in [0.5, 0.6) is 0 Å². The van der Waals surface area contributed by atoms with E-state index in [0.717, 1.165) is 33.4 Å². The van der Waals surface area contributed by atoms with Crippen LogP contribution in [0.2, 0.25) is 0 Å². The smallest absolute Gasteiger partial charge is 0.206 e. The van der Waals surface area contributed by atoms with Gasteiger partial charge in [0.05, 0.1) is 83.9 Å². The first-order valence-corrected chi connectivity index (χ1v) is 29.9. The minimum absolute atomic E-state index is 0.000489. The fourth-order valence-electron chi connectivity index (χ4n) is 11.9. The highest BCUT2D eigenvalue weighted by atomic mass is 16.8. The van der Waals surface area contributed by atoms with Gasteiger partial charge in [0, 0.05) is 30.2 Å². The van der Waals surface area contributed by atoms with E-state index in [9.17, 15) is 0 Å². The van der Waals surface area contributed by atoms with Crippen LogP contribution in [0.1, 0.15) is 74.3 Å². The Kier molecular flexibility index (Phi) is 21.0. The summed E-state index contributed by atoms with van der Waals surface area (Å²) in [6, 6.07) is 60.1. The van der Waals surface area contributed by atoms with Gasteiger partial charge < -0.3 is 71.1 Å². The normalized spacial score (nSPS) is 32.8. The topological polar surface area (TPSA) is 162 Å². The molecule has 6 aromatic carbocycles. The maximum atomic E-state index is 8.44. The lowest BCUT2D eigenvalue weighted by molar-refractivity contribution is -0.370. The zero-order chi connectivity index (χ0) is 58.5. The minimum atomic E-state index is -1.01. The standard InChI is InChI=1S/C69H81NO15/c1-45-36-76-67(62(75-41-54-32-20-10-21-33-54)57(45)81-68-63-69(44-77-68,43-72-38-51-26-14-7-15-27-51)85-66(84-63)55-34-22-11-23-35-55)83-60-48(4)78-64(79-49(5)70)47(3)59(60)82-65-46(2)58(73-39-52-28-16-8-17-29-52)61(74-40-53-30-18-9-19-31-53)56(80-65)42-71-37-50-24-12-6-13-25-50/h6-35,45-48,56-68,70H,36-44H2,1-5H3/t45-,46-,47+,48?,56?,57-,58?,59?,60+,61-,62?,63?,64+,65+,66+,67+,68+,69-/m1/s1. The molecule has 11 rings (SSSR count). The Morgan fingerprint density at radius 2 is 0.953 bits per heavy atom. The highest BCUT2D eigenvalue weighted by Gasteiger charge is 2.61. The second-order valence-electron chi connectivity index (χ2n) is 23.0. The summed E-state index contributed by atoms with van der Waals surface area (Å²) in [6.07, 6.45) is -10.4. The van der Waals surface area contributed by atoms with Crippen molar-refractivity contribution in [2.45, 2.75) is 160 Å². The van der Waals surface area contributed by atoms with Crippen molar-refractivity contribution < 1.29 is 71.1 Å². The average Bonchev–Trinajstić information content (AvgIpc) is 2.17. The van der Waals surface area contributed by atoms with E-state index in [2.05, 4.69) is 13.8 Å². The molecule has 5 saturated heterocycles. The Hall–Kier alpha value is -5.77. The lowest BCUT2D eigenvalue weighted by Crippen LogP contribution is -2.63.